The fourth-order valence-electron chi connectivity index (χ4n) is 1.21. The second kappa shape index (κ2) is 4.11. The van der Waals surface area contributed by atoms with E-state index in [0.29, 0.717) is 12.3 Å². The van der Waals surface area contributed by atoms with Gasteiger partial charge in [-0.05, 0) is 6.42 Å². The molecule has 0 atom stereocenters. The molecule has 0 saturated carbocycles. The lowest BCUT2D eigenvalue weighted by molar-refractivity contribution is 0.296. The summed E-state index contributed by atoms with van der Waals surface area (Å²) in [5, 5.41) is 15.6. The summed E-state index contributed by atoms with van der Waals surface area (Å²) in [6.07, 6.45) is 1.48. The molecule has 0 aliphatic heterocycles. The Kier molecular flexibility index (Phi) is 3.10. The number of hydrogen-bond donors (Lipinski definition) is 2. The molecule has 0 radical (unpaired) electrons. The van der Waals surface area contributed by atoms with Gasteiger partial charge in [0.1, 0.15) is 0 Å². The van der Waals surface area contributed by atoms with E-state index in [0.717, 1.165) is 17.7 Å². The van der Waals surface area contributed by atoms with Crippen molar-refractivity contribution in [2.45, 2.75) is 19.8 Å². The van der Waals surface area contributed by atoms with Crippen molar-refractivity contribution >= 4 is 0 Å². The maximum Gasteiger partial charge on any atom is 0.235 e. The first kappa shape index (κ1) is 9.06. The summed E-state index contributed by atoms with van der Waals surface area (Å²) in [4.78, 5) is 0. The number of rotatable bonds is 4. The molecule has 0 aliphatic rings. The van der Waals surface area contributed by atoms with E-state index < -0.39 is 0 Å². The van der Waals surface area contributed by atoms with Crippen LogP contribution in [0.15, 0.2) is 0 Å². The lowest BCUT2D eigenvalue weighted by Gasteiger charge is -2.00. The average molecular weight is 170 g/mol. The largest absolute Gasteiger partial charge is 0.480 e. The van der Waals surface area contributed by atoms with Crippen molar-refractivity contribution in [2.24, 2.45) is 0 Å². The number of nitrogens with one attached hydrogen (secondary N) is 1. The number of aryl methyl sites for hydroxylation is 1. The Hall–Kier alpha value is -1.03. The highest BCUT2D eigenvalue weighted by atomic mass is 16.5. The quantitative estimate of drug-likeness (QED) is 0.692. The lowest BCUT2D eigenvalue weighted by atomic mass is 10.1. The van der Waals surface area contributed by atoms with Gasteiger partial charge in [0, 0.05) is 24.3 Å². The molecule has 0 bridgehead atoms. The number of hydrogen-bond acceptors (Lipinski definition) is 3. The van der Waals surface area contributed by atoms with Gasteiger partial charge in [0.2, 0.25) is 5.88 Å². The summed E-state index contributed by atoms with van der Waals surface area (Å²) in [5.41, 5.74) is 2.03. The Labute approximate surface area is 71.6 Å². The minimum Gasteiger partial charge on any atom is -0.480 e. The van der Waals surface area contributed by atoms with E-state index in [4.69, 9.17) is 9.84 Å². The molecule has 1 rings (SSSR count). The van der Waals surface area contributed by atoms with E-state index in [1.807, 2.05) is 6.92 Å². The van der Waals surface area contributed by atoms with Gasteiger partial charge < -0.3 is 9.84 Å². The van der Waals surface area contributed by atoms with Crippen molar-refractivity contribution in [1.82, 2.24) is 10.2 Å². The molecule has 12 heavy (non-hydrogen) atoms. The van der Waals surface area contributed by atoms with Crippen LogP contribution >= 0.6 is 0 Å². The van der Waals surface area contributed by atoms with E-state index in [1.54, 1.807) is 7.11 Å². The van der Waals surface area contributed by atoms with Crippen LogP contribution in [0.25, 0.3) is 0 Å². The van der Waals surface area contributed by atoms with Crippen molar-refractivity contribution in [3.8, 4) is 5.88 Å². The van der Waals surface area contributed by atoms with Crippen LogP contribution in [-0.2, 0) is 12.8 Å². The molecule has 0 unspecified atom stereocenters. The summed E-state index contributed by atoms with van der Waals surface area (Å²) < 4.78 is 5.03. The highest BCUT2D eigenvalue weighted by molar-refractivity contribution is 5.30. The van der Waals surface area contributed by atoms with Gasteiger partial charge in [0.05, 0.1) is 7.11 Å². The minimum atomic E-state index is 0.128. The van der Waals surface area contributed by atoms with Crippen LogP contribution in [-0.4, -0.2) is 29.0 Å². The molecule has 0 amide bonds. The topological polar surface area (TPSA) is 58.1 Å². The van der Waals surface area contributed by atoms with Crippen molar-refractivity contribution in [3.63, 3.8) is 0 Å². The SMILES string of the molecule is CCc1[nH]nc(OC)c1CCO. The molecule has 68 valence electrons. The van der Waals surface area contributed by atoms with Crippen LogP contribution in [0.2, 0.25) is 0 Å². The van der Waals surface area contributed by atoms with Crippen molar-refractivity contribution in [1.29, 1.82) is 0 Å². The fourth-order valence-corrected chi connectivity index (χ4v) is 1.21. The van der Waals surface area contributed by atoms with E-state index in [9.17, 15) is 0 Å². The molecule has 0 spiro atoms. The predicted molar refractivity (Wildman–Crippen MR) is 45.3 cm³/mol. The third kappa shape index (κ3) is 1.58. The van der Waals surface area contributed by atoms with Crippen molar-refractivity contribution in [2.75, 3.05) is 13.7 Å². The molecule has 2 N–H and O–H groups in total. The van der Waals surface area contributed by atoms with Crippen LogP contribution in [0.5, 0.6) is 5.88 Å². The minimum absolute atomic E-state index is 0.128. The number of aliphatic hydroxyl groups is 1. The summed E-state index contributed by atoms with van der Waals surface area (Å²) in [6.45, 7) is 2.16. The maximum atomic E-state index is 8.78. The van der Waals surface area contributed by atoms with E-state index >= 15 is 0 Å². The second-order valence-electron chi connectivity index (χ2n) is 2.52. The first-order valence-corrected chi connectivity index (χ1v) is 4.04. The second-order valence-corrected chi connectivity index (χ2v) is 2.52. The van der Waals surface area contributed by atoms with Crippen molar-refractivity contribution in [3.05, 3.63) is 11.3 Å². The Morgan fingerprint density at radius 2 is 2.33 bits per heavy atom. The van der Waals surface area contributed by atoms with Crippen LogP contribution in [0, 0.1) is 0 Å². The monoisotopic (exact) mass is 170 g/mol. The zero-order chi connectivity index (χ0) is 8.97. The van der Waals surface area contributed by atoms with E-state index in [2.05, 4.69) is 10.2 Å². The zero-order valence-corrected chi connectivity index (χ0v) is 7.42. The normalized spacial score (nSPS) is 10.2. The molecule has 1 heterocycles. The summed E-state index contributed by atoms with van der Waals surface area (Å²) >= 11 is 0. The van der Waals surface area contributed by atoms with Gasteiger partial charge in [0.25, 0.3) is 0 Å². The first-order valence-electron chi connectivity index (χ1n) is 4.04. The smallest absolute Gasteiger partial charge is 0.235 e. The molecule has 0 aromatic carbocycles. The Morgan fingerprint density at radius 3 is 2.83 bits per heavy atom. The average Bonchev–Trinajstić information content (AvgIpc) is 2.48. The zero-order valence-electron chi connectivity index (χ0n) is 7.42. The van der Waals surface area contributed by atoms with Gasteiger partial charge in [-0.3, -0.25) is 5.10 Å². The Morgan fingerprint density at radius 1 is 1.58 bits per heavy atom. The number of H-pyrrole nitrogens is 1. The number of aliphatic hydroxyl groups excluding tert-OH is 1. The van der Waals surface area contributed by atoms with Crippen LogP contribution in [0.1, 0.15) is 18.2 Å². The summed E-state index contributed by atoms with van der Waals surface area (Å²) in [5.74, 6) is 0.598. The predicted octanol–water partition coefficient (Wildman–Crippen LogP) is 0.515. The highest BCUT2D eigenvalue weighted by Gasteiger charge is 2.10. The maximum absolute atomic E-state index is 8.78. The molecule has 0 saturated heterocycles. The Bertz CT molecular complexity index is 224. The number of ether oxygens (including phenoxy) is 1. The standard InChI is InChI=1S/C8H14N2O2/c1-3-7-6(4-5-11)8(12-2)10-9-7/h11H,3-5H2,1-2H3,(H,9,10). The molecule has 0 aliphatic carbocycles. The number of methoxy groups -OCH3 is 1. The van der Waals surface area contributed by atoms with Gasteiger partial charge in [-0.1, -0.05) is 6.92 Å². The van der Waals surface area contributed by atoms with Gasteiger partial charge in [-0.2, -0.15) is 0 Å². The molecular formula is C8H14N2O2. The van der Waals surface area contributed by atoms with E-state index in [1.165, 1.54) is 0 Å². The van der Waals surface area contributed by atoms with Gasteiger partial charge in [0.15, 0.2) is 0 Å². The molecule has 0 fully saturated rings. The van der Waals surface area contributed by atoms with E-state index in [-0.39, 0.29) is 6.61 Å². The van der Waals surface area contributed by atoms with Gasteiger partial charge in [-0.15, -0.1) is 5.10 Å². The molecule has 4 nitrogen and oxygen atoms in total. The third-order valence-corrected chi connectivity index (χ3v) is 1.82. The molecule has 1 aromatic rings. The Balaban J connectivity index is 2.90. The lowest BCUT2D eigenvalue weighted by Crippen LogP contribution is -1.96. The van der Waals surface area contributed by atoms with Gasteiger partial charge >= 0.3 is 0 Å². The molecule has 4 heteroatoms. The third-order valence-electron chi connectivity index (χ3n) is 1.82. The number of aromatic amines is 1. The number of nitrogens with zero attached hydrogens (tertiary/aromatic N) is 1. The van der Waals surface area contributed by atoms with Crippen molar-refractivity contribution < 1.29 is 9.84 Å². The molecule has 1 aromatic heterocycles. The summed E-state index contributed by atoms with van der Waals surface area (Å²) in [7, 11) is 1.58. The first-order chi connectivity index (χ1) is 5.83. The van der Waals surface area contributed by atoms with Crippen LogP contribution in [0.4, 0.5) is 0 Å². The number of aromatic nitrogens is 2. The summed E-state index contributed by atoms with van der Waals surface area (Å²) in [6, 6.07) is 0. The molecular weight excluding hydrogens is 156 g/mol. The van der Waals surface area contributed by atoms with Crippen LogP contribution < -0.4 is 4.74 Å². The van der Waals surface area contributed by atoms with Crippen LogP contribution in [0.3, 0.4) is 0 Å². The highest BCUT2D eigenvalue weighted by Crippen LogP contribution is 2.19. The fraction of sp³-hybridized carbons (Fsp3) is 0.625. The van der Waals surface area contributed by atoms with Gasteiger partial charge in [-0.25, -0.2) is 0 Å².